The number of morpholine rings is 1. The van der Waals surface area contributed by atoms with Crippen molar-refractivity contribution in [3.05, 3.63) is 48.0 Å². The maximum absolute atomic E-state index is 12.7. The Labute approximate surface area is 183 Å². The number of sulfonamides is 1. The van der Waals surface area contributed by atoms with Crippen LogP contribution in [0.2, 0.25) is 0 Å². The van der Waals surface area contributed by atoms with Gasteiger partial charge in [0.2, 0.25) is 10.0 Å². The molecule has 0 unspecified atom stereocenters. The second-order valence-corrected chi connectivity index (χ2v) is 9.17. The highest BCUT2D eigenvalue weighted by molar-refractivity contribution is 7.89. The number of carbonyl (C=O) groups is 2. The van der Waals surface area contributed by atoms with Crippen LogP contribution in [-0.4, -0.2) is 69.0 Å². The van der Waals surface area contributed by atoms with E-state index in [0.29, 0.717) is 24.9 Å². The van der Waals surface area contributed by atoms with Crippen LogP contribution in [0.15, 0.2) is 47.2 Å². The van der Waals surface area contributed by atoms with Crippen LogP contribution in [0.3, 0.4) is 0 Å². The van der Waals surface area contributed by atoms with Crippen molar-refractivity contribution in [1.82, 2.24) is 9.29 Å². The Balaban J connectivity index is 1.56. The van der Waals surface area contributed by atoms with E-state index in [0.717, 1.165) is 0 Å². The van der Waals surface area contributed by atoms with Crippen LogP contribution >= 0.6 is 11.3 Å². The van der Waals surface area contributed by atoms with Gasteiger partial charge in [-0.25, -0.2) is 18.2 Å². The van der Waals surface area contributed by atoms with Crippen molar-refractivity contribution in [2.45, 2.75) is 4.90 Å². The molecule has 1 aromatic heterocycles. The molecule has 3 rings (SSSR count). The van der Waals surface area contributed by atoms with Gasteiger partial charge in [0, 0.05) is 30.7 Å². The average molecular weight is 467 g/mol. The van der Waals surface area contributed by atoms with Crippen LogP contribution in [0.1, 0.15) is 10.5 Å². The first-order valence-electron chi connectivity index (χ1n) is 9.35. The van der Waals surface area contributed by atoms with Crippen LogP contribution < -0.4 is 10.6 Å². The lowest BCUT2D eigenvalue weighted by Crippen LogP contribution is -2.40. The van der Waals surface area contributed by atoms with E-state index < -0.39 is 28.5 Å². The van der Waals surface area contributed by atoms with E-state index in [4.69, 9.17) is 9.47 Å². The monoisotopic (exact) mass is 466 g/mol. The predicted molar refractivity (Wildman–Crippen MR) is 116 cm³/mol. The van der Waals surface area contributed by atoms with Gasteiger partial charge in [0.15, 0.2) is 17.4 Å². The Morgan fingerprint density at radius 2 is 2.10 bits per heavy atom. The fraction of sp³-hybridized carbons (Fsp3) is 0.316. The molecule has 166 valence electrons. The summed E-state index contributed by atoms with van der Waals surface area (Å²) in [5.74, 6) is -1.34. The quantitative estimate of drug-likeness (QED) is 0.421. The fourth-order valence-corrected chi connectivity index (χ4v) is 4.82. The fourth-order valence-electron chi connectivity index (χ4n) is 2.68. The first-order valence-corrected chi connectivity index (χ1v) is 11.7. The second kappa shape index (κ2) is 10.5. The number of anilines is 2. The van der Waals surface area contributed by atoms with E-state index in [1.54, 1.807) is 12.1 Å². The SMILES string of the molecule is C=CCNc1nc(C(=O)OCC(=O)Nc2cccc(S(=O)(=O)N3CCOCC3)c2)cs1. The molecule has 2 N–H and O–H groups in total. The number of nitrogens with one attached hydrogen (secondary N) is 2. The lowest BCUT2D eigenvalue weighted by atomic mass is 10.3. The minimum Gasteiger partial charge on any atom is -0.451 e. The van der Waals surface area contributed by atoms with Crippen molar-refractivity contribution < 1.29 is 27.5 Å². The van der Waals surface area contributed by atoms with E-state index >= 15 is 0 Å². The zero-order valence-electron chi connectivity index (χ0n) is 16.6. The number of amides is 1. The summed E-state index contributed by atoms with van der Waals surface area (Å²) >= 11 is 1.23. The minimum atomic E-state index is -3.69. The molecule has 1 amide bonds. The van der Waals surface area contributed by atoms with Gasteiger partial charge in [0.25, 0.3) is 5.91 Å². The molecule has 0 spiro atoms. The minimum absolute atomic E-state index is 0.0613. The Bertz CT molecular complexity index is 1050. The number of hydrogen-bond acceptors (Lipinski definition) is 9. The summed E-state index contributed by atoms with van der Waals surface area (Å²) in [5, 5.41) is 7.54. The van der Waals surface area contributed by atoms with E-state index in [1.165, 1.54) is 39.2 Å². The lowest BCUT2D eigenvalue weighted by molar-refractivity contribution is -0.119. The molecule has 2 heterocycles. The van der Waals surface area contributed by atoms with Crippen molar-refractivity contribution in [2.75, 3.05) is 50.1 Å². The van der Waals surface area contributed by atoms with Crippen LogP contribution in [0.4, 0.5) is 10.8 Å². The molecule has 0 atom stereocenters. The van der Waals surface area contributed by atoms with Gasteiger partial charge in [-0.2, -0.15) is 4.31 Å². The van der Waals surface area contributed by atoms with Crippen LogP contribution in [-0.2, 0) is 24.3 Å². The molecule has 1 aromatic carbocycles. The molecule has 0 aliphatic carbocycles. The van der Waals surface area contributed by atoms with Crippen molar-refractivity contribution >= 4 is 44.1 Å². The molecule has 1 saturated heterocycles. The molecular formula is C19H22N4O6S2. The summed E-state index contributed by atoms with van der Waals surface area (Å²) in [6.45, 7) is 4.78. The number of esters is 1. The first-order chi connectivity index (χ1) is 14.9. The number of carbonyl (C=O) groups excluding carboxylic acids is 2. The Kier molecular flexibility index (Phi) is 7.74. The standard InChI is InChI=1S/C19H22N4O6S2/c1-2-6-20-19-22-16(13-30-19)18(25)29-12-17(24)21-14-4-3-5-15(11-14)31(26,27)23-7-9-28-10-8-23/h2-5,11,13H,1,6-10,12H2,(H,20,22)(H,21,24). The summed E-state index contributed by atoms with van der Waals surface area (Å²) in [7, 11) is -3.69. The Morgan fingerprint density at radius 1 is 1.32 bits per heavy atom. The van der Waals surface area contributed by atoms with Crippen LogP contribution in [0.5, 0.6) is 0 Å². The zero-order chi connectivity index (χ0) is 22.3. The molecule has 31 heavy (non-hydrogen) atoms. The van der Waals surface area contributed by atoms with Gasteiger partial charge < -0.3 is 20.1 Å². The molecule has 0 radical (unpaired) electrons. The number of rotatable bonds is 9. The summed E-state index contributed by atoms with van der Waals surface area (Å²) in [5.41, 5.74) is 0.364. The average Bonchev–Trinajstić information content (AvgIpc) is 3.26. The summed E-state index contributed by atoms with van der Waals surface area (Å²) in [6, 6.07) is 5.90. The maximum Gasteiger partial charge on any atom is 0.358 e. The summed E-state index contributed by atoms with van der Waals surface area (Å²) in [4.78, 5) is 28.3. The van der Waals surface area contributed by atoms with Crippen molar-refractivity contribution in [1.29, 1.82) is 0 Å². The number of aromatic nitrogens is 1. The van der Waals surface area contributed by atoms with E-state index in [-0.39, 0.29) is 29.4 Å². The number of ether oxygens (including phenoxy) is 2. The molecule has 1 aliphatic heterocycles. The van der Waals surface area contributed by atoms with E-state index in [2.05, 4.69) is 22.2 Å². The van der Waals surface area contributed by atoms with Gasteiger partial charge in [-0.05, 0) is 18.2 Å². The number of benzene rings is 1. The molecule has 1 aliphatic rings. The molecule has 1 fully saturated rings. The topological polar surface area (TPSA) is 127 Å². The highest BCUT2D eigenvalue weighted by atomic mass is 32.2. The van der Waals surface area contributed by atoms with Crippen LogP contribution in [0.25, 0.3) is 0 Å². The highest BCUT2D eigenvalue weighted by Gasteiger charge is 2.26. The Hall–Kier alpha value is -2.80. The molecule has 10 nitrogen and oxygen atoms in total. The molecule has 2 aromatic rings. The smallest absolute Gasteiger partial charge is 0.358 e. The van der Waals surface area contributed by atoms with E-state index in [9.17, 15) is 18.0 Å². The van der Waals surface area contributed by atoms with Gasteiger partial charge >= 0.3 is 5.97 Å². The highest BCUT2D eigenvalue weighted by Crippen LogP contribution is 2.21. The number of hydrogen-bond donors (Lipinski definition) is 2. The predicted octanol–water partition coefficient (Wildman–Crippen LogP) is 1.56. The molecule has 0 saturated carbocycles. The molecule has 12 heteroatoms. The largest absolute Gasteiger partial charge is 0.451 e. The lowest BCUT2D eigenvalue weighted by Gasteiger charge is -2.26. The number of thiazole rings is 1. The third-order valence-corrected chi connectivity index (χ3v) is 6.87. The number of nitrogens with zero attached hydrogens (tertiary/aromatic N) is 2. The zero-order valence-corrected chi connectivity index (χ0v) is 18.2. The van der Waals surface area contributed by atoms with Gasteiger partial charge in [0.1, 0.15) is 0 Å². The maximum atomic E-state index is 12.7. The van der Waals surface area contributed by atoms with Crippen LogP contribution in [0, 0.1) is 0 Å². The second-order valence-electron chi connectivity index (χ2n) is 6.38. The third kappa shape index (κ3) is 6.10. The Morgan fingerprint density at radius 3 is 2.84 bits per heavy atom. The van der Waals surface area contributed by atoms with Gasteiger partial charge in [0.05, 0.1) is 18.1 Å². The first kappa shape index (κ1) is 22.9. The van der Waals surface area contributed by atoms with E-state index in [1.807, 2.05) is 0 Å². The van der Waals surface area contributed by atoms with Gasteiger partial charge in [-0.3, -0.25) is 4.79 Å². The van der Waals surface area contributed by atoms with Gasteiger partial charge in [-0.1, -0.05) is 12.1 Å². The molecule has 0 bridgehead atoms. The van der Waals surface area contributed by atoms with Gasteiger partial charge in [-0.15, -0.1) is 17.9 Å². The third-order valence-electron chi connectivity index (χ3n) is 4.17. The van der Waals surface area contributed by atoms with Crippen molar-refractivity contribution in [3.8, 4) is 0 Å². The summed E-state index contributed by atoms with van der Waals surface area (Å²) < 4.78 is 37.0. The van der Waals surface area contributed by atoms with Crippen molar-refractivity contribution in [2.24, 2.45) is 0 Å². The normalized spacial score (nSPS) is 14.6. The molecular weight excluding hydrogens is 444 g/mol. The summed E-state index contributed by atoms with van der Waals surface area (Å²) in [6.07, 6.45) is 1.66. The van der Waals surface area contributed by atoms with Crippen molar-refractivity contribution in [3.63, 3.8) is 0 Å².